The summed E-state index contributed by atoms with van der Waals surface area (Å²) in [6.45, 7) is 0. The molecule has 3 heteroatoms. The normalized spacial score (nSPS) is 10.4. The Bertz CT molecular complexity index is 808. The van der Waals surface area contributed by atoms with Crippen molar-refractivity contribution in [3.05, 3.63) is 71.8 Å². The molecule has 0 unspecified atom stereocenters. The molecule has 0 heterocycles. The summed E-state index contributed by atoms with van der Waals surface area (Å²) < 4.78 is 12.4. The zero-order valence-electron chi connectivity index (χ0n) is 12.0. The minimum absolute atomic E-state index is 0.164. The molecule has 0 amide bonds. The van der Waals surface area contributed by atoms with Gasteiger partial charge in [0, 0.05) is 23.6 Å². The highest BCUT2D eigenvalue weighted by Crippen LogP contribution is 2.04. The summed E-state index contributed by atoms with van der Waals surface area (Å²) in [7, 11) is -2.44. The van der Waals surface area contributed by atoms with Gasteiger partial charge in [0.1, 0.15) is 4.86 Å². The number of benzene rings is 2. The maximum atomic E-state index is 12.5. The molecule has 2 nitrogen and oxygen atoms in total. The van der Waals surface area contributed by atoms with Crippen LogP contribution in [0.15, 0.2) is 60.7 Å². The van der Waals surface area contributed by atoms with Gasteiger partial charge in [-0.25, -0.2) is 0 Å². The Labute approximate surface area is 125 Å². The average molecular weight is 296 g/mol. The van der Waals surface area contributed by atoms with E-state index in [2.05, 4.69) is 11.8 Å². The van der Waals surface area contributed by atoms with Crippen LogP contribution in [0.1, 0.15) is 15.9 Å². The summed E-state index contributed by atoms with van der Waals surface area (Å²) >= 11 is 0. The molecule has 0 aromatic heterocycles. The molecule has 21 heavy (non-hydrogen) atoms. The lowest BCUT2D eigenvalue weighted by molar-refractivity contribution is 0.106. The molecule has 0 fully saturated rings. The Hall–Kier alpha value is -2.31. The number of carbonyl (C=O) groups is 1. The maximum absolute atomic E-state index is 12.5. The van der Waals surface area contributed by atoms with Gasteiger partial charge < -0.3 is 0 Å². The first-order valence-electron chi connectivity index (χ1n) is 6.46. The predicted molar refractivity (Wildman–Crippen MR) is 89.1 cm³/mol. The van der Waals surface area contributed by atoms with Crippen molar-refractivity contribution in [2.45, 2.75) is 0 Å². The van der Waals surface area contributed by atoms with Crippen LogP contribution in [0.2, 0.25) is 0 Å². The van der Waals surface area contributed by atoms with Gasteiger partial charge in [0.2, 0.25) is 5.78 Å². The summed E-state index contributed by atoms with van der Waals surface area (Å²) in [4.78, 5) is 12.7. The topological polar surface area (TPSA) is 34.1 Å². The molecule has 0 radical (unpaired) electrons. The monoisotopic (exact) mass is 296 g/mol. The van der Waals surface area contributed by atoms with Crippen LogP contribution < -0.4 is 0 Å². The number of hydrogen-bond acceptors (Lipinski definition) is 2. The first kappa shape index (κ1) is 15.1. The lowest BCUT2D eigenvalue weighted by Crippen LogP contribution is -2.21. The molecule has 106 valence electrons. The lowest BCUT2D eigenvalue weighted by Gasteiger charge is -2.04. The number of rotatable bonds is 2. The van der Waals surface area contributed by atoms with E-state index in [1.165, 1.54) is 0 Å². The largest absolute Gasteiger partial charge is 0.287 e. The van der Waals surface area contributed by atoms with Crippen molar-refractivity contribution >= 4 is 20.2 Å². The van der Waals surface area contributed by atoms with E-state index in [4.69, 9.17) is 0 Å². The fraction of sp³-hybridized carbons (Fsp3) is 0.111. The number of Topliss-reactive ketones (excluding diaryl/α,β-unsaturated/α-hetero) is 1. The Balaban J connectivity index is 2.47. The lowest BCUT2D eigenvalue weighted by atomic mass is 10.1. The van der Waals surface area contributed by atoms with Crippen molar-refractivity contribution < 1.29 is 9.00 Å². The van der Waals surface area contributed by atoms with Gasteiger partial charge in [-0.05, 0) is 27.6 Å². The molecule has 0 atom stereocenters. The predicted octanol–water partition coefficient (Wildman–Crippen LogP) is 2.64. The van der Waals surface area contributed by atoms with E-state index in [0.717, 1.165) is 5.56 Å². The molecule has 2 aromatic carbocycles. The molecule has 0 aliphatic rings. The van der Waals surface area contributed by atoms with Crippen LogP contribution in [0.3, 0.4) is 0 Å². The SMILES string of the molecule is CS(C)(=O)=C(C#Cc1ccccc1)C(=O)c1ccccc1. The molecule has 0 saturated carbocycles. The van der Waals surface area contributed by atoms with Gasteiger partial charge >= 0.3 is 0 Å². The van der Waals surface area contributed by atoms with Crippen LogP contribution in [0.5, 0.6) is 0 Å². The van der Waals surface area contributed by atoms with Crippen molar-refractivity contribution in [2.75, 3.05) is 12.5 Å². The van der Waals surface area contributed by atoms with Crippen LogP contribution in [0.25, 0.3) is 0 Å². The minimum Gasteiger partial charge on any atom is -0.287 e. The van der Waals surface area contributed by atoms with Gasteiger partial charge in [-0.1, -0.05) is 54.5 Å². The van der Waals surface area contributed by atoms with E-state index >= 15 is 0 Å². The van der Waals surface area contributed by atoms with Crippen molar-refractivity contribution in [1.29, 1.82) is 0 Å². The zero-order valence-corrected chi connectivity index (χ0v) is 12.8. The summed E-state index contributed by atoms with van der Waals surface area (Å²) in [6, 6.07) is 18.2. The maximum Gasteiger partial charge on any atom is 0.209 e. The van der Waals surface area contributed by atoms with Crippen LogP contribution in [0, 0.1) is 11.8 Å². The summed E-state index contributed by atoms with van der Waals surface area (Å²) in [6.07, 6.45) is 3.09. The molecule has 0 N–H and O–H groups in total. The van der Waals surface area contributed by atoms with E-state index in [-0.39, 0.29) is 10.6 Å². The van der Waals surface area contributed by atoms with Crippen molar-refractivity contribution in [2.24, 2.45) is 0 Å². The van der Waals surface area contributed by atoms with Crippen molar-refractivity contribution in [3.63, 3.8) is 0 Å². The Morgan fingerprint density at radius 3 is 1.95 bits per heavy atom. The highest BCUT2D eigenvalue weighted by molar-refractivity contribution is 8.02. The second-order valence-electron chi connectivity index (χ2n) is 4.87. The molecule has 2 aromatic rings. The van der Waals surface area contributed by atoms with Gasteiger partial charge in [-0.3, -0.25) is 9.00 Å². The first-order chi connectivity index (χ1) is 9.98. The molecule has 0 aliphatic heterocycles. The highest BCUT2D eigenvalue weighted by Gasteiger charge is 2.15. The molecule has 0 bridgehead atoms. The minimum atomic E-state index is -2.44. The summed E-state index contributed by atoms with van der Waals surface area (Å²) in [5.74, 6) is 5.46. The Kier molecular flexibility index (Phi) is 4.62. The van der Waals surface area contributed by atoms with Crippen LogP contribution in [0.4, 0.5) is 0 Å². The van der Waals surface area contributed by atoms with Gasteiger partial charge in [-0.2, -0.15) is 0 Å². The van der Waals surface area contributed by atoms with Gasteiger partial charge in [0.15, 0.2) is 0 Å². The van der Waals surface area contributed by atoms with Crippen LogP contribution >= 0.6 is 0 Å². The van der Waals surface area contributed by atoms with Gasteiger partial charge in [-0.15, -0.1) is 0 Å². The summed E-state index contributed by atoms with van der Waals surface area (Å²) in [5, 5.41) is 0. The van der Waals surface area contributed by atoms with Crippen molar-refractivity contribution in [3.8, 4) is 11.8 Å². The fourth-order valence-electron chi connectivity index (χ4n) is 1.77. The second-order valence-corrected chi connectivity index (χ2v) is 7.75. The third kappa shape index (κ3) is 4.08. The molecule has 0 aliphatic carbocycles. The number of hydrogen-bond donors (Lipinski definition) is 0. The first-order valence-corrected chi connectivity index (χ1v) is 8.84. The zero-order chi connectivity index (χ0) is 15.3. The molecule has 0 saturated heterocycles. The smallest absolute Gasteiger partial charge is 0.209 e. The number of carbonyl (C=O) groups excluding carboxylic acids is 1. The van der Waals surface area contributed by atoms with Gasteiger partial charge in [0.05, 0.1) is 0 Å². The van der Waals surface area contributed by atoms with E-state index in [0.29, 0.717) is 5.56 Å². The standard InChI is InChI=1S/C18H16O2S/c1-21(2,20)17(14-13-15-9-5-3-6-10-15)18(19)16-11-7-4-8-12-16/h3-12H,1-2H3. The van der Waals surface area contributed by atoms with E-state index < -0.39 is 9.52 Å². The molecule has 0 spiro atoms. The second kappa shape index (κ2) is 6.43. The van der Waals surface area contributed by atoms with Crippen LogP contribution in [-0.2, 0) is 9.52 Å². The van der Waals surface area contributed by atoms with E-state index in [1.807, 2.05) is 36.4 Å². The highest BCUT2D eigenvalue weighted by atomic mass is 32.2. The third-order valence-electron chi connectivity index (χ3n) is 2.83. The third-order valence-corrected chi connectivity index (χ3v) is 4.10. The Morgan fingerprint density at radius 2 is 1.43 bits per heavy atom. The Morgan fingerprint density at radius 1 is 0.905 bits per heavy atom. The molecule has 2 rings (SSSR count). The molecular formula is C18H16O2S. The quantitative estimate of drug-likeness (QED) is 0.485. The van der Waals surface area contributed by atoms with E-state index in [1.54, 1.807) is 36.8 Å². The van der Waals surface area contributed by atoms with E-state index in [9.17, 15) is 9.00 Å². The molecular weight excluding hydrogens is 280 g/mol. The van der Waals surface area contributed by atoms with Crippen molar-refractivity contribution in [1.82, 2.24) is 0 Å². The van der Waals surface area contributed by atoms with Crippen LogP contribution in [-0.4, -0.2) is 27.4 Å². The number of ketones is 1. The summed E-state index contributed by atoms with van der Waals surface area (Å²) in [5.41, 5.74) is 1.30. The average Bonchev–Trinajstić information content (AvgIpc) is 2.48. The van der Waals surface area contributed by atoms with Gasteiger partial charge in [0.25, 0.3) is 0 Å². The fourth-order valence-corrected chi connectivity index (χ4v) is 2.64.